The van der Waals surface area contributed by atoms with E-state index >= 15 is 0 Å². The van der Waals surface area contributed by atoms with Crippen LogP contribution in [0.1, 0.15) is 13.8 Å². The van der Waals surface area contributed by atoms with Gasteiger partial charge in [0.2, 0.25) is 0 Å². The summed E-state index contributed by atoms with van der Waals surface area (Å²) in [5.41, 5.74) is 2.31. The van der Waals surface area contributed by atoms with Crippen LogP contribution in [0.25, 0.3) is 0 Å². The largest absolute Gasteiger partial charge is 0.388 e. The van der Waals surface area contributed by atoms with Crippen molar-refractivity contribution in [1.29, 1.82) is 0 Å². The second-order valence-corrected chi connectivity index (χ2v) is 3.13. The zero-order valence-corrected chi connectivity index (χ0v) is 7.89. The molecular formula is C10H16N2. The van der Waals surface area contributed by atoms with Crippen molar-refractivity contribution in [3.05, 3.63) is 24.3 Å². The molecule has 2 nitrogen and oxygen atoms in total. The third-order valence-corrected chi connectivity index (χ3v) is 1.63. The first-order valence-corrected chi connectivity index (χ1v) is 4.26. The molecule has 66 valence electrons. The molecule has 0 spiro atoms. The summed E-state index contributed by atoms with van der Waals surface area (Å²) in [4.78, 5) is 0. The van der Waals surface area contributed by atoms with Crippen LogP contribution in [0.15, 0.2) is 24.3 Å². The van der Waals surface area contributed by atoms with Crippen molar-refractivity contribution < 1.29 is 0 Å². The van der Waals surface area contributed by atoms with Crippen LogP contribution in [0.2, 0.25) is 0 Å². The fraction of sp³-hybridized carbons (Fsp3) is 0.400. The third kappa shape index (κ3) is 2.46. The average molecular weight is 164 g/mol. The van der Waals surface area contributed by atoms with Crippen LogP contribution in [0.3, 0.4) is 0 Å². The lowest BCUT2D eigenvalue weighted by atomic mass is 10.2. The van der Waals surface area contributed by atoms with Gasteiger partial charge in [-0.1, -0.05) is 0 Å². The lowest BCUT2D eigenvalue weighted by Crippen LogP contribution is -2.09. The maximum Gasteiger partial charge on any atom is 0.0343 e. The molecule has 0 radical (unpaired) electrons. The molecule has 0 heterocycles. The fourth-order valence-corrected chi connectivity index (χ4v) is 1.07. The van der Waals surface area contributed by atoms with Gasteiger partial charge in [0.25, 0.3) is 0 Å². The zero-order chi connectivity index (χ0) is 8.97. The molecule has 0 fully saturated rings. The highest BCUT2D eigenvalue weighted by molar-refractivity contribution is 5.53. The van der Waals surface area contributed by atoms with E-state index in [9.17, 15) is 0 Å². The topological polar surface area (TPSA) is 24.1 Å². The van der Waals surface area contributed by atoms with Gasteiger partial charge in [0.1, 0.15) is 0 Å². The molecule has 0 unspecified atom stereocenters. The van der Waals surface area contributed by atoms with Gasteiger partial charge < -0.3 is 10.6 Å². The van der Waals surface area contributed by atoms with Crippen molar-refractivity contribution in [3.63, 3.8) is 0 Å². The number of benzene rings is 1. The Kier molecular flexibility index (Phi) is 2.97. The first-order chi connectivity index (χ1) is 5.72. The SMILES string of the molecule is CNc1ccc(NC(C)C)cc1. The van der Waals surface area contributed by atoms with Crippen molar-refractivity contribution in [2.24, 2.45) is 0 Å². The summed E-state index contributed by atoms with van der Waals surface area (Å²) in [6.07, 6.45) is 0. The van der Waals surface area contributed by atoms with Gasteiger partial charge in [0.15, 0.2) is 0 Å². The molecule has 0 aromatic heterocycles. The summed E-state index contributed by atoms with van der Waals surface area (Å²) in [5, 5.41) is 6.41. The van der Waals surface area contributed by atoms with Gasteiger partial charge in [-0.05, 0) is 38.1 Å². The van der Waals surface area contributed by atoms with E-state index in [-0.39, 0.29) is 0 Å². The lowest BCUT2D eigenvalue weighted by molar-refractivity contribution is 0.900. The lowest BCUT2D eigenvalue weighted by Gasteiger charge is -2.10. The van der Waals surface area contributed by atoms with Gasteiger partial charge in [-0.3, -0.25) is 0 Å². The molecule has 0 amide bonds. The van der Waals surface area contributed by atoms with Crippen molar-refractivity contribution in [3.8, 4) is 0 Å². The van der Waals surface area contributed by atoms with Crippen molar-refractivity contribution >= 4 is 11.4 Å². The van der Waals surface area contributed by atoms with Crippen LogP contribution in [-0.4, -0.2) is 13.1 Å². The number of nitrogens with one attached hydrogen (secondary N) is 2. The van der Waals surface area contributed by atoms with E-state index in [2.05, 4.69) is 48.7 Å². The van der Waals surface area contributed by atoms with Crippen molar-refractivity contribution in [2.45, 2.75) is 19.9 Å². The molecule has 12 heavy (non-hydrogen) atoms. The highest BCUT2D eigenvalue weighted by atomic mass is 14.9. The maximum atomic E-state index is 3.33. The predicted molar refractivity (Wildman–Crippen MR) is 54.7 cm³/mol. The standard InChI is InChI=1S/C10H16N2/c1-8(2)12-10-6-4-9(11-3)5-7-10/h4-8,11-12H,1-3H3. The quantitative estimate of drug-likeness (QED) is 0.717. The minimum absolute atomic E-state index is 0.491. The molecule has 0 aliphatic rings. The highest BCUT2D eigenvalue weighted by Crippen LogP contribution is 2.13. The molecule has 0 saturated carbocycles. The molecular weight excluding hydrogens is 148 g/mol. The Balaban J connectivity index is 2.65. The van der Waals surface area contributed by atoms with Crippen LogP contribution in [0, 0.1) is 0 Å². The first kappa shape index (κ1) is 8.91. The molecule has 1 aromatic rings. The molecule has 0 aliphatic heterocycles. The number of anilines is 2. The van der Waals surface area contributed by atoms with E-state index in [0.717, 1.165) is 5.69 Å². The monoisotopic (exact) mass is 164 g/mol. The molecule has 1 aromatic carbocycles. The number of hydrogen-bond donors (Lipinski definition) is 2. The summed E-state index contributed by atoms with van der Waals surface area (Å²) in [6, 6.07) is 8.76. The highest BCUT2D eigenvalue weighted by Gasteiger charge is 1.93. The first-order valence-electron chi connectivity index (χ1n) is 4.26. The van der Waals surface area contributed by atoms with Crippen LogP contribution < -0.4 is 10.6 Å². The summed E-state index contributed by atoms with van der Waals surface area (Å²) < 4.78 is 0. The Morgan fingerprint density at radius 1 is 1.00 bits per heavy atom. The summed E-state index contributed by atoms with van der Waals surface area (Å²) >= 11 is 0. The van der Waals surface area contributed by atoms with Gasteiger partial charge in [-0.15, -0.1) is 0 Å². The normalized spacial score (nSPS) is 10.0. The van der Waals surface area contributed by atoms with Gasteiger partial charge >= 0.3 is 0 Å². The summed E-state index contributed by atoms with van der Waals surface area (Å²) in [6.45, 7) is 4.26. The Labute approximate surface area is 74.0 Å². The molecule has 0 atom stereocenters. The van der Waals surface area contributed by atoms with Crippen molar-refractivity contribution in [2.75, 3.05) is 17.7 Å². The van der Waals surface area contributed by atoms with E-state index in [1.54, 1.807) is 0 Å². The Morgan fingerprint density at radius 3 is 1.92 bits per heavy atom. The van der Waals surface area contributed by atoms with Crippen LogP contribution >= 0.6 is 0 Å². The van der Waals surface area contributed by atoms with E-state index in [4.69, 9.17) is 0 Å². The van der Waals surface area contributed by atoms with Crippen LogP contribution in [0.4, 0.5) is 11.4 Å². The Bertz CT molecular complexity index is 226. The van der Waals surface area contributed by atoms with Gasteiger partial charge in [-0.2, -0.15) is 0 Å². The van der Waals surface area contributed by atoms with Crippen LogP contribution in [-0.2, 0) is 0 Å². The zero-order valence-electron chi connectivity index (χ0n) is 7.89. The maximum absolute atomic E-state index is 3.33. The van der Waals surface area contributed by atoms with Gasteiger partial charge in [-0.25, -0.2) is 0 Å². The molecule has 0 bridgehead atoms. The van der Waals surface area contributed by atoms with Crippen LogP contribution in [0.5, 0.6) is 0 Å². The van der Waals surface area contributed by atoms with Crippen molar-refractivity contribution in [1.82, 2.24) is 0 Å². The Morgan fingerprint density at radius 2 is 1.50 bits per heavy atom. The van der Waals surface area contributed by atoms with E-state index < -0.39 is 0 Å². The van der Waals surface area contributed by atoms with Gasteiger partial charge in [0.05, 0.1) is 0 Å². The van der Waals surface area contributed by atoms with E-state index in [0.29, 0.717) is 6.04 Å². The fourth-order valence-electron chi connectivity index (χ4n) is 1.07. The third-order valence-electron chi connectivity index (χ3n) is 1.63. The summed E-state index contributed by atoms with van der Waals surface area (Å²) in [5.74, 6) is 0. The number of hydrogen-bond acceptors (Lipinski definition) is 2. The molecule has 2 N–H and O–H groups in total. The minimum atomic E-state index is 0.491. The second kappa shape index (κ2) is 4.00. The molecule has 1 rings (SSSR count). The van der Waals surface area contributed by atoms with Gasteiger partial charge in [0, 0.05) is 24.5 Å². The molecule has 0 saturated heterocycles. The number of rotatable bonds is 3. The van der Waals surface area contributed by atoms with E-state index in [1.807, 2.05) is 7.05 Å². The minimum Gasteiger partial charge on any atom is -0.388 e. The molecule has 0 aliphatic carbocycles. The smallest absolute Gasteiger partial charge is 0.0343 e. The average Bonchev–Trinajstić information content (AvgIpc) is 2.05. The summed E-state index contributed by atoms with van der Waals surface area (Å²) in [7, 11) is 1.92. The van der Waals surface area contributed by atoms with E-state index in [1.165, 1.54) is 5.69 Å². The Hall–Kier alpha value is -1.18. The second-order valence-electron chi connectivity index (χ2n) is 3.13. The molecule has 2 heteroatoms. The predicted octanol–water partition coefficient (Wildman–Crippen LogP) is 2.55.